The van der Waals surface area contributed by atoms with Crippen molar-refractivity contribution in [3.05, 3.63) is 94.8 Å². The summed E-state index contributed by atoms with van der Waals surface area (Å²) in [5, 5.41) is 23.5. The van der Waals surface area contributed by atoms with Gasteiger partial charge in [-0.25, -0.2) is 18.7 Å². The van der Waals surface area contributed by atoms with E-state index >= 15 is 0 Å². The minimum Gasteiger partial charge on any atom is -0.391 e. The predicted octanol–water partition coefficient (Wildman–Crippen LogP) is 2.66. The summed E-state index contributed by atoms with van der Waals surface area (Å²) in [5.41, 5.74) is 3.90. The van der Waals surface area contributed by atoms with Gasteiger partial charge in [-0.15, -0.1) is 0 Å². The largest absolute Gasteiger partial charge is 0.391 e. The molecule has 2 amide bonds. The third kappa shape index (κ3) is 7.25. The van der Waals surface area contributed by atoms with Crippen molar-refractivity contribution in [1.29, 1.82) is 0 Å². The summed E-state index contributed by atoms with van der Waals surface area (Å²) in [4.78, 5) is 36.3. The first-order valence-electron chi connectivity index (χ1n) is 11.6. The van der Waals surface area contributed by atoms with Crippen LogP contribution in [0.3, 0.4) is 0 Å². The number of rotatable bonds is 11. The molecule has 38 heavy (non-hydrogen) atoms. The van der Waals surface area contributed by atoms with E-state index in [0.29, 0.717) is 0 Å². The first-order chi connectivity index (χ1) is 18.1. The minimum atomic E-state index is -1.55. The Balaban J connectivity index is 1.54. The van der Waals surface area contributed by atoms with E-state index in [0.717, 1.165) is 28.8 Å². The number of hydroxylamine groups is 1. The molecule has 0 unspecified atom stereocenters. The summed E-state index contributed by atoms with van der Waals surface area (Å²) in [6.45, 7) is 1.09. The van der Waals surface area contributed by atoms with Gasteiger partial charge in [0.15, 0.2) is 23.2 Å². The van der Waals surface area contributed by atoms with Crippen LogP contribution in [0.15, 0.2) is 60.7 Å². The molecule has 0 radical (unpaired) electrons. The number of halogens is 3. The number of hydrogen-bond acceptors (Lipinski definition) is 6. The molecule has 0 bridgehead atoms. The number of aliphatic hydroxyl groups is 1. The monoisotopic (exact) mass is 529 g/mol. The molecule has 0 aliphatic heterocycles. The first kappa shape index (κ1) is 28.5. The lowest BCUT2D eigenvalue weighted by Gasteiger charge is -2.19. The van der Waals surface area contributed by atoms with Gasteiger partial charge in [-0.3, -0.25) is 19.6 Å². The molecule has 8 nitrogen and oxygen atoms in total. The summed E-state index contributed by atoms with van der Waals surface area (Å²) in [5.74, 6) is -5.85. The number of amides is 2. The molecule has 0 saturated heterocycles. The number of nitrogens with one attached hydrogen (secondary N) is 3. The van der Waals surface area contributed by atoms with Crippen molar-refractivity contribution in [2.24, 2.45) is 0 Å². The third-order valence-electron chi connectivity index (χ3n) is 5.75. The van der Waals surface area contributed by atoms with Gasteiger partial charge < -0.3 is 15.7 Å². The summed E-state index contributed by atoms with van der Waals surface area (Å²) in [6, 6.07) is 14.2. The Labute approximate surface area is 216 Å². The number of Topliss-reactive ketones (excluding diaryl/α,β-unsaturated/α-hetero) is 1. The van der Waals surface area contributed by atoms with E-state index in [9.17, 15) is 32.7 Å². The summed E-state index contributed by atoms with van der Waals surface area (Å²) >= 11 is 0. The molecule has 3 rings (SSSR count). The van der Waals surface area contributed by atoms with Crippen molar-refractivity contribution in [2.45, 2.75) is 32.0 Å². The van der Waals surface area contributed by atoms with E-state index in [-0.39, 0.29) is 36.4 Å². The van der Waals surface area contributed by atoms with Crippen LogP contribution in [0.2, 0.25) is 0 Å². The lowest BCUT2D eigenvalue weighted by Crippen LogP contribution is -2.51. The summed E-state index contributed by atoms with van der Waals surface area (Å²) in [7, 11) is 0. The molecule has 0 heterocycles. The predicted molar refractivity (Wildman–Crippen MR) is 131 cm³/mol. The zero-order chi connectivity index (χ0) is 27.8. The van der Waals surface area contributed by atoms with Crippen LogP contribution < -0.4 is 16.1 Å². The van der Waals surface area contributed by atoms with E-state index in [4.69, 9.17) is 5.21 Å². The quantitative estimate of drug-likeness (QED) is 0.148. The average Bonchev–Trinajstić information content (AvgIpc) is 2.91. The second-order valence-electron chi connectivity index (χ2n) is 8.60. The second-order valence-corrected chi connectivity index (χ2v) is 8.60. The number of carbonyl (C=O) groups is 3. The summed E-state index contributed by atoms with van der Waals surface area (Å²) in [6.07, 6.45) is -1.12. The van der Waals surface area contributed by atoms with Crippen LogP contribution in [0, 0.1) is 17.5 Å². The van der Waals surface area contributed by atoms with Crippen LogP contribution in [-0.4, -0.2) is 46.6 Å². The number of aliphatic hydroxyl groups excluding tert-OH is 1. The number of hydrogen-bond donors (Lipinski definition) is 5. The van der Waals surface area contributed by atoms with E-state index in [2.05, 4.69) is 10.6 Å². The number of benzene rings is 3. The molecular formula is C27H26F3N3O5. The molecule has 3 aromatic rings. The van der Waals surface area contributed by atoms with Gasteiger partial charge >= 0.3 is 0 Å². The van der Waals surface area contributed by atoms with Crippen molar-refractivity contribution in [3.8, 4) is 11.1 Å². The molecule has 0 aliphatic carbocycles. The second kappa shape index (κ2) is 13.0. The molecule has 5 N–H and O–H groups in total. The van der Waals surface area contributed by atoms with Gasteiger partial charge in [0, 0.05) is 24.1 Å². The van der Waals surface area contributed by atoms with Gasteiger partial charge in [-0.1, -0.05) is 42.5 Å². The van der Waals surface area contributed by atoms with Crippen molar-refractivity contribution in [3.63, 3.8) is 0 Å². The van der Waals surface area contributed by atoms with Gasteiger partial charge in [0.25, 0.3) is 11.8 Å². The maximum Gasteiger partial charge on any atom is 0.268 e. The van der Waals surface area contributed by atoms with Crippen LogP contribution >= 0.6 is 0 Å². The Kier molecular flexibility index (Phi) is 9.72. The number of ketones is 1. The van der Waals surface area contributed by atoms with Gasteiger partial charge in [-0.2, -0.15) is 0 Å². The molecule has 11 heteroatoms. The van der Waals surface area contributed by atoms with Crippen LogP contribution in [0.25, 0.3) is 11.1 Å². The maximum absolute atomic E-state index is 13.7. The van der Waals surface area contributed by atoms with Crippen LogP contribution in [0.4, 0.5) is 13.2 Å². The Bertz CT molecular complexity index is 1300. The first-order valence-corrected chi connectivity index (χ1v) is 11.6. The fourth-order valence-electron chi connectivity index (χ4n) is 3.66. The highest BCUT2D eigenvalue weighted by atomic mass is 19.2. The smallest absolute Gasteiger partial charge is 0.268 e. The van der Waals surface area contributed by atoms with E-state index in [1.807, 2.05) is 0 Å². The molecule has 0 spiro atoms. The Morgan fingerprint density at radius 1 is 0.868 bits per heavy atom. The zero-order valence-electron chi connectivity index (χ0n) is 20.3. The van der Waals surface area contributed by atoms with Gasteiger partial charge in [-0.05, 0) is 41.8 Å². The number of carbonyl (C=O) groups excluding carboxylic acids is 3. The lowest BCUT2D eigenvalue weighted by atomic mass is 10.0. The Hall–Kier alpha value is -4.06. The van der Waals surface area contributed by atoms with Crippen molar-refractivity contribution < 1.29 is 37.9 Å². The molecule has 200 valence electrons. The highest BCUT2D eigenvalue weighted by molar-refractivity contribution is 5.98. The molecule has 0 aromatic heterocycles. The lowest BCUT2D eigenvalue weighted by molar-refractivity contribution is -0.133. The fraction of sp³-hybridized carbons (Fsp3) is 0.222. The topological polar surface area (TPSA) is 128 Å². The fourth-order valence-corrected chi connectivity index (χ4v) is 3.66. The van der Waals surface area contributed by atoms with Gasteiger partial charge in [0.2, 0.25) is 0 Å². The third-order valence-corrected chi connectivity index (χ3v) is 5.75. The standard InChI is InChI=1S/C27H26F3N3O5/c1-15(34)25(27(37)33-38)32-26(36)19-8-6-18(7-9-19)17-4-2-16(3-5-17)12-21(35)14-31-13-20-10-11-22(28)24(30)23(20)29/h2-11,15,25,31,34,38H,12-14H2,1H3,(H,32,36)(H,33,37)/t15-,25+/m1/s1. The average molecular weight is 530 g/mol. The van der Waals surface area contributed by atoms with E-state index < -0.39 is 41.4 Å². The van der Waals surface area contributed by atoms with Crippen LogP contribution in [-0.2, 0) is 22.6 Å². The zero-order valence-corrected chi connectivity index (χ0v) is 20.3. The van der Waals surface area contributed by atoms with Gasteiger partial charge in [0.1, 0.15) is 6.04 Å². The normalized spacial score (nSPS) is 12.5. The van der Waals surface area contributed by atoms with Gasteiger partial charge in [0.05, 0.1) is 12.6 Å². The molecule has 0 fully saturated rings. The SMILES string of the molecule is C[C@@H](O)[C@H](NC(=O)c1ccc(-c2ccc(CC(=O)CNCc3ccc(F)c(F)c3F)cc2)cc1)C(=O)NO. The minimum absolute atomic E-state index is 0.0806. The van der Waals surface area contributed by atoms with E-state index in [1.165, 1.54) is 12.4 Å². The van der Waals surface area contributed by atoms with Crippen molar-refractivity contribution in [1.82, 2.24) is 16.1 Å². The Morgan fingerprint density at radius 2 is 1.47 bits per heavy atom. The highest BCUT2D eigenvalue weighted by Crippen LogP contribution is 2.21. The molecule has 2 atom stereocenters. The van der Waals surface area contributed by atoms with Crippen LogP contribution in [0.5, 0.6) is 0 Å². The Morgan fingerprint density at radius 3 is 2.05 bits per heavy atom. The molecule has 3 aromatic carbocycles. The van der Waals surface area contributed by atoms with Crippen molar-refractivity contribution >= 4 is 17.6 Å². The maximum atomic E-state index is 13.7. The molecule has 0 saturated carbocycles. The highest BCUT2D eigenvalue weighted by Gasteiger charge is 2.25. The molecule has 0 aliphatic rings. The van der Waals surface area contributed by atoms with Crippen molar-refractivity contribution in [2.75, 3.05) is 6.54 Å². The van der Waals surface area contributed by atoms with E-state index in [1.54, 1.807) is 48.5 Å². The van der Waals surface area contributed by atoms with Crippen LogP contribution in [0.1, 0.15) is 28.4 Å². The summed E-state index contributed by atoms with van der Waals surface area (Å²) < 4.78 is 40.0. The molecular weight excluding hydrogens is 503 g/mol.